The Morgan fingerprint density at radius 2 is 2.10 bits per heavy atom. The van der Waals surface area contributed by atoms with Crippen LogP contribution in [0.25, 0.3) is 0 Å². The fourth-order valence-electron chi connectivity index (χ4n) is 0.388. The molecule has 0 saturated heterocycles. The van der Waals surface area contributed by atoms with E-state index in [1.807, 2.05) is 13.8 Å². The van der Waals surface area contributed by atoms with Crippen molar-refractivity contribution in [3.05, 3.63) is 18.0 Å². The van der Waals surface area contributed by atoms with E-state index in [4.69, 9.17) is 0 Å². The highest BCUT2D eigenvalue weighted by atomic mass is 19.3. The van der Waals surface area contributed by atoms with E-state index in [1.165, 1.54) is 12.3 Å². The summed E-state index contributed by atoms with van der Waals surface area (Å²) in [5.74, 6) is 0. The van der Waals surface area contributed by atoms with E-state index < -0.39 is 6.43 Å². The number of aromatic nitrogens is 2. The molecule has 2 nitrogen and oxygen atoms in total. The molecule has 10 heavy (non-hydrogen) atoms. The maximum absolute atomic E-state index is 11.5. The number of nitrogens with one attached hydrogen (secondary N) is 1. The molecule has 0 aliphatic rings. The van der Waals surface area contributed by atoms with Gasteiger partial charge in [-0.3, -0.25) is 5.10 Å². The third kappa shape index (κ3) is 2.57. The molecule has 0 unspecified atom stereocenters. The maximum Gasteiger partial charge on any atom is 0.279 e. The topological polar surface area (TPSA) is 28.7 Å². The first-order valence-corrected chi connectivity index (χ1v) is 3.08. The molecule has 58 valence electrons. The molecular formula is C6H10F2N2. The third-order valence-corrected chi connectivity index (χ3v) is 0.757. The van der Waals surface area contributed by atoms with Crippen molar-refractivity contribution in [2.75, 3.05) is 0 Å². The lowest BCUT2D eigenvalue weighted by atomic mass is 10.5. The van der Waals surface area contributed by atoms with E-state index in [1.54, 1.807) is 0 Å². The lowest BCUT2D eigenvalue weighted by molar-refractivity contribution is 0.146. The van der Waals surface area contributed by atoms with Gasteiger partial charge in [-0.05, 0) is 6.07 Å². The molecule has 1 aromatic rings. The van der Waals surface area contributed by atoms with E-state index >= 15 is 0 Å². The Hall–Kier alpha value is -0.930. The summed E-state index contributed by atoms with van der Waals surface area (Å²) in [5.41, 5.74) is -0.134. The van der Waals surface area contributed by atoms with Crippen LogP contribution in [0.4, 0.5) is 8.78 Å². The molecule has 1 rings (SSSR count). The molecule has 0 aromatic carbocycles. The van der Waals surface area contributed by atoms with Crippen LogP contribution in [-0.2, 0) is 0 Å². The van der Waals surface area contributed by atoms with E-state index in [0.717, 1.165) is 0 Å². The highest BCUT2D eigenvalue weighted by Crippen LogP contribution is 2.13. The molecule has 4 heteroatoms. The van der Waals surface area contributed by atoms with Crippen LogP contribution in [0.5, 0.6) is 0 Å². The van der Waals surface area contributed by atoms with Gasteiger partial charge < -0.3 is 0 Å². The van der Waals surface area contributed by atoms with Gasteiger partial charge in [-0.25, -0.2) is 8.78 Å². The molecule has 0 aliphatic heterocycles. The van der Waals surface area contributed by atoms with Gasteiger partial charge in [-0.2, -0.15) is 5.10 Å². The Morgan fingerprint density at radius 3 is 2.30 bits per heavy atom. The summed E-state index contributed by atoms with van der Waals surface area (Å²) in [6, 6.07) is 1.24. The molecular weight excluding hydrogens is 138 g/mol. The minimum atomic E-state index is -2.43. The van der Waals surface area contributed by atoms with Gasteiger partial charge in [-0.1, -0.05) is 13.8 Å². The normalized spacial score (nSPS) is 8.90. The van der Waals surface area contributed by atoms with E-state index in [2.05, 4.69) is 10.2 Å². The Bertz CT molecular complexity index is 149. The summed E-state index contributed by atoms with van der Waals surface area (Å²) in [7, 11) is 0. The largest absolute Gasteiger partial charge is 0.279 e. The summed E-state index contributed by atoms with van der Waals surface area (Å²) in [4.78, 5) is 0. The summed E-state index contributed by atoms with van der Waals surface area (Å²) < 4.78 is 23.1. The highest BCUT2D eigenvalue weighted by molar-refractivity contribution is 4.97. The first-order valence-electron chi connectivity index (χ1n) is 3.08. The van der Waals surface area contributed by atoms with Gasteiger partial charge in [0, 0.05) is 6.20 Å². The van der Waals surface area contributed by atoms with Gasteiger partial charge in [0.15, 0.2) is 0 Å². The summed E-state index contributed by atoms with van der Waals surface area (Å²) in [5, 5.41) is 5.48. The SMILES string of the molecule is CC.FC(F)c1ccn[nH]1. The van der Waals surface area contributed by atoms with Crippen LogP contribution in [-0.4, -0.2) is 10.2 Å². The van der Waals surface area contributed by atoms with E-state index in [-0.39, 0.29) is 5.69 Å². The molecule has 0 bridgehead atoms. The van der Waals surface area contributed by atoms with Crippen molar-refractivity contribution in [1.82, 2.24) is 10.2 Å². The second-order valence-electron chi connectivity index (χ2n) is 1.31. The molecule has 0 saturated carbocycles. The second kappa shape index (κ2) is 4.90. The number of alkyl halides is 2. The third-order valence-electron chi connectivity index (χ3n) is 0.757. The fraction of sp³-hybridized carbons (Fsp3) is 0.500. The standard InChI is InChI=1S/C4H4F2N2.C2H6/c5-4(6)3-1-2-7-8-3;1-2/h1-2,4H,(H,7,8);1-2H3. The van der Waals surface area contributed by atoms with Crippen molar-refractivity contribution in [2.45, 2.75) is 20.3 Å². The zero-order valence-electron chi connectivity index (χ0n) is 5.94. The summed E-state index contributed by atoms with van der Waals surface area (Å²) >= 11 is 0. The van der Waals surface area contributed by atoms with Crippen LogP contribution in [0, 0.1) is 0 Å². The van der Waals surface area contributed by atoms with Crippen molar-refractivity contribution in [3.8, 4) is 0 Å². The Kier molecular flexibility index (Phi) is 4.45. The zero-order valence-corrected chi connectivity index (χ0v) is 5.94. The smallest absolute Gasteiger partial charge is 0.277 e. The predicted octanol–water partition coefficient (Wildman–Crippen LogP) is 2.37. The van der Waals surface area contributed by atoms with Crippen LogP contribution < -0.4 is 0 Å². The zero-order chi connectivity index (χ0) is 7.98. The maximum atomic E-state index is 11.5. The molecule has 0 atom stereocenters. The number of hydrogen-bond donors (Lipinski definition) is 1. The number of rotatable bonds is 1. The average Bonchev–Trinajstić information content (AvgIpc) is 2.42. The second-order valence-corrected chi connectivity index (χ2v) is 1.31. The Morgan fingerprint density at radius 1 is 1.50 bits per heavy atom. The van der Waals surface area contributed by atoms with Crippen molar-refractivity contribution in [2.24, 2.45) is 0 Å². The van der Waals surface area contributed by atoms with Gasteiger partial charge >= 0.3 is 0 Å². The number of H-pyrrole nitrogens is 1. The summed E-state index contributed by atoms with van der Waals surface area (Å²) in [6.07, 6.45) is -1.14. The number of hydrogen-bond acceptors (Lipinski definition) is 1. The van der Waals surface area contributed by atoms with Gasteiger partial charge in [0.25, 0.3) is 6.43 Å². The molecule has 0 aliphatic carbocycles. The predicted molar refractivity (Wildman–Crippen MR) is 34.9 cm³/mol. The molecule has 0 amide bonds. The molecule has 0 radical (unpaired) electrons. The van der Waals surface area contributed by atoms with Gasteiger partial charge in [0.05, 0.1) is 0 Å². The van der Waals surface area contributed by atoms with Crippen LogP contribution in [0.15, 0.2) is 12.3 Å². The van der Waals surface area contributed by atoms with Crippen LogP contribution >= 0.6 is 0 Å². The van der Waals surface area contributed by atoms with Gasteiger partial charge in [0.1, 0.15) is 5.69 Å². The van der Waals surface area contributed by atoms with Gasteiger partial charge in [0.2, 0.25) is 0 Å². The first-order chi connectivity index (χ1) is 4.80. The lowest BCUT2D eigenvalue weighted by Gasteiger charge is -1.87. The van der Waals surface area contributed by atoms with Crippen molar-refractivity contribution in [1.29, 1.82) is 0 Å². The van der Waals surface area contributed by atoms with Crippen LogP contribution in [0.1, 0.15) is 26.0 Å². The molecule has 1 aromatic heterocycles. The monoisotopic (exact) mass is 148 g/mol. The molecule has 0 spiro atoms. The highest BCUT2D eigenvalue weighted by Gasteiger charge is 2.05. The molecule has 1 heterocycles. The van der Waals surface area contributed by atoms with Crippen LogP contribution in [0.2, 0.25) is 0 Å². The number of nitrogens with zero attached hydrogens (tertiary/aromatic N) is 1. The van der Waals surface area contributed by atoms with E-state index in [0.29, 0.717) is 0 Å². The fourth-order valence-corrected chi connectivity index (χ4v) is 0.388. The van der Waals surface area contributed by atoms with Crippen molar-refractivity contribution in [3.63, 3.8) is 0 Å². The Labute approximate surface area is 58.3 Å². The lowest BCUT2D eigenvalue weighted by Crippen LogP contribution is -1.81. The summed E-state index contributed by atoms with van der Waals surface area (Å²) in [6.45, 7) is 4.00. The van der Waals surface area contributed by atoms with Crippen LogP contribution in [0.3, 0.4) is 0 Å². The minimum absolute atomic E-state index is 0.134. The molecule has 1 N–H and O–H groups in total. The minimum Gasteiger partial charge on any atom is -0.277 e. The van der Waals surface area contributed by atoms with Gasteiger partial charge in [-0.15, -0.1) is 0 Å². The average molecular weight is 148 g/mol. The Balaban J connectivity index is 0.000000371. The van der Waals surface area contributed by atoms with E-state index in [9.17, 15) is 8.78 Å². The first kappa shape index (κ1) is 9.07. The molecule has 0 fully saturated rings. The number of aromatic amines is 1. The quantitative estimate of drug-likeness (QED) is 0.650. The number of halogens is 2. The van der Waals surface area contributed by atoms with Crippen molar-refractivity contribution < 1.29 is 8.78 Å². The van der Waals surface area contributed by atoms with Crippen molar-refractivity contribution >= 4 is 0 Å².